The van der Waals surface area contributed by atoms with Crippen LogP contribution in [-0.4, -0.2) is 33.1 Å². The summed E-state index contributed by atoms with van der Waals surface area (Å²) < 4.78 is 1.86. The molecule has 0 aromatic carbocycles. The van der Waals surface area contributed by atoms with E-state index in [0.29, 0.717) is 0 Å². The van der Waals surface area contributed by atoms with Crippen LogP contribution in [0.5, 0.6) is 0 Å². The largest absolute Gasteiger partial charge is 0.295 e. The molecule has 0 N–H and O–H groups in total. The summed E-state index contributed by atoms with van der Waals surface area (Å²) in [5.41, 5.74) is 1.29. The van der Waals surface area contributed by atoms with Gasteiger partial charge in [-0.25, -0.2) is 0 Å². The van der Waals surface area contributed by atoms with Crippen LogP contribution in [0.25, 0.3) is 0 Å². The second kappa shape index (κ2) is 5.69. The molecular weight excluding hydrogens is 222 g/mol. The zero-order chi connectivity index (χ0) is 11.4. The lowest BCUT2D eigenvalue weighted by atomic mass is 10.2. The average molecular weight is 242 g/mol. The summed E-state index contributed by atoms with van der Waals surface area (Å²) in [6.07, 6.45) is 9.45. The molecule has 4 heteroatoms. The minimum Gasteiger partial charge on any atom is -0.295 e. The molecule has 0 bridgehead atoms. The van der Waals surface area contributed by atoms with Crippen molar-refractivity contribution in [3.8, 4) is 0 Å². The summed E-state index contributed by atoms with van der Waals surface area (Å²) in [7, 11) is 1.96. The SMILES string of the molecule is Cn1cc(CN(CCCl)C2CCCC2)cn1. The third kappa shape index (κ3) is 2.98. The van der Waals surface area contributed by atoms with Crippen molar-refractivity contribution in [1.82, 2.24) is 14.7 Å². The quantitative estimate of drug-likeness (QED) is 0.739. The molecule has 1 fully saturated rings. The summed E-state index contributed by atoms with van der Waals surface area (Å²) in [6.45, 7) is 1.98. The van der Waals surface area contributed by atoms with Gasteiger partial charge < -0.3 is 0 Å². The molecule has 1 aliphatic carbocycles. The van der Waals surface area contributed by atoms with E-state index in [-0.39, 0.29) is 0 Å². The summed E-state index contributed by atoms with van der Waals surface area (Å²) in [5.74, 6) is 0.719. The van der Waals surface area contributed by atoms with Gasteiger partial charge in [-0.3, -0.25) is 9.58 Å². The van der Waals surface area contributed by atoms with Gasteiger partial charge in [-0.1, -0.05) is 12.8 Å². The van der Waals surface area contributed by atoms with Crippen molar-refractivity contribution in [1.29, 1.82) is 0 Å². The number of aromatic nitrogens is 2. The molecule has 1 aromatic rings. The molecule has 1 heterocycles. The molecule has 0 atom stereocenters. The molecule has 0 aliphatic heterocycles. The fourth-order valence-electron chi connectivity index (χ4n) is 2.56. The molecule has 0 spiro atoms. The van der Waals surface area contributed by atoms with Crippen LogP contribution >= 0.6 is 11.6 Å². The van der Waals surface area contributed by atoms with E-state index in [1.807, 2.05) is 17.9 Å². The average Bonchev–Trinajstić information content (AvgIpc) is 2.88. The normalized spacial score (nSPS) is 17.4. The van der Waals surface area contributed by atoms with Crippen molar-refractivity contribution in [3.05, 3.63) is 18.0 Å². The van der Waals surface area contributed by atoms with E-state index in [2.05, 4.69) is 16.2 Å². The fraction of sp³-hybridized carbons (Fsp3) is 0.750. The van der Waals surface area contributed by atoms with Crippen molar-refractivity contribution in [2.24, 2.45) is 7.05 Å². The lowest BCUT2D eigenvalue weighted by molar-refractivity contribution is 0.201. The van der Waals surface area contributed by atoms with Crippen molar-refractivity contribution in [3.63, 3.8) is 0 Å². The maximum Gasteiger partial charge on any atom is 0.0534 e. The number of hydrogen-bond acceptors (Lipinski definition) is 2. The highest BCUT2D eigenvalue weighted by atomic mass is 35.5. The zero-order valence-electron chi connectivity index (χ0n) is 9.90. The van der Waals surface area contributed by atoms with Gasteiger partial charge in [0.25, 0.3) is 0 Å². The van der Waals surface area contributed by atoms with Crippen LogP contribution < -0.4 is 0 Å². The van der Waals surface area contributed by atoms with Crippen molar-refractivity contribution in [2.75, 3.05) is 12.4 Å². The number of halogens is 1. The Morgan fingerprint density at radius 1 is 1.50 bits per heavy atom. The van der Waals surface area contributed by atoms with Gasteiger partial charge in [-0.05, 0) is 12.8 Å². The van der Waals surface area contributed by atoms with Gasteiger partial charge in [0, 0.05) is 43.8 Å². The highest BCUT2D eigenvalue weighted by molar-refractivity contribution is 6.18. The summed E-state index contributed by atoms with van der Waals surface area (Å²) >= 11 is 5.88. The lowest BCUT2D eigenvalue weighted by Crippen LogP contribution is -2.34. The number of aryl methyl sites for hydroxylation is 1. The molecule has 1 aliphatic rings. The maximum atomic E-state index is 5.88. The first-order valence-corrected chi connectivity index (χ1v) is 6.60. The molecule has 0 amide bonds. The Balaban J connectivity index is 1.96. The van der Waals surface area contributed by atoms with E-state index in [9.17, 15) is 0 Å². The molecule has 16 heavy (non-hydrogen) atoms. The Hall–Kier alpha value is -0.540. The third-order valence-corrected chi connectivity index (χ3v) is 3.53. The number of nitrogens with zero attached hydrogens (tertiary/aromatic N) is 3. The van der Waals surface area contributed by atoms with Crippen LogP contribution in [0.15, 0.2) is 12.4 Å². The third-order valence-electron chi connectivity index (χ3n) is 3.36. The minimum absolute atomic E-state index is 0.719. The highest BCUT2D eigenvalue weighted by Gasteiger charge is 2.22. The van der Waals surface area contributed by atoms with E-state index in [1.165, 1.54) is 31.2 Å². The van der Waals surface area contributed by atoms with Crippen LogP contribution in [0.3, 0.4) is 0 Å². The van der Waals surface area contributed by atoms with E-state index < -0.39 is 0 Å². The van der Waals surface area contributed by atoms with Gasteiger partial charge in [0.1, 0.15) is 0 Å². The number of hydrogen-bond donors (Lipinski definition) is 0. The van der Waals surface area contributed by atoms with Gasteiger partial charge in [0.05, 0.1) is 6.20 Å². The maximum absolute atomic E-state index is 5.88. The summed E-state index contributed by atoms with van der Waals surface area (Å²) in [5, 5.41) is 4.21. The van der Waals surface area contributed by atoms with Crippen LogP contribution in [-0.2, 0) is 13.6 Å². The fourth-order valence-corrected chi connectivity index (χ4v) is 2.77. The first-order valence-electron chi connectivity index (χ1n) is 6.07. The molecule has 0 saturated heterocycles. The predicted molar refractivity (Wildman–Crippen MR) is 66.6 cm³/mol. The summed E-state index contributed by atoms with van der Waals surface area (Å²) in [4.78, 5) is 2.51. The van der Waals surface area contributed by atoms with Crippen molar-refractivity contribution in [2.45, 2.75) is 38.3 Å². The smallest absolute Gasteiger partial charge is 0.0534 e. The van der Waals surface area contributed by atoms with Gasteiger partial charge >= 0.3 is 0 Å². The van der Waals surface area contributed by atoms with Crippen LogP contribution in [0.4, 0.5) is 0 Å². The Bertz CT molecular complexity index is 318. The molecular formula is C12H20ClN3. The first kappa shape index (κ1) is 11.9. The van der Waals surface area contributed by atoms with E-state index >= 15 is 0 Å². The van der Waals surface area contributed by atoms with Gasteiger partial charge in [0.15, 0.2) is 0 Å². The Morgan fingerprint density at radius 3 is 2.81 bits per heavy atom. The lowest BCUT2D eigenvalue weighted by Gasteiger charge is -2.27. The summed E-state index contributed by atoms with van der Waals surface area (Å²) in [6, 6.07) is 0.735. The van der Waals surface area contributed by atoms with Crippen molar-refractivity contribution >= 4 is 11.6 Å². The molecule has 0 radical (unpaired) electrons. The Labute approximate surface area is 102 Å². The topological polar surface area (TPSA) is 21.1 Å². The molecule has 1 aromatic heterocycles. The van der Waals surface area contributed by atoms with Crippen LogP contribution in [0.1, 0.15) is 31.2 Å². The molecule has 0 unspecified atom stereocenters. The second-order valence-electron chi connectivity index (χ2n) is 4.62. The van der Waals surface area contributed by atoms with Crippen molar-refractivity contribution < 1.29 is 0 Å². The Morgan fingerprint density at radius 2 is 2.25 bits per heavy atom. The number of rotatable bonds is 5. The second-order valence-corrected chi connectivity index (χ2v) is 5.00. The van der Waals surface area contributed by atoms with E-state index in [1.54, 1.807) is 0 Å². The van der Waals surface area contributed by atoms with Gasteiger partial charge in [-0.2, -0.15) is 5.10 Å². The van der Waals surface area contributed by atoms with Crippen LogP contribution in [0, 0.1) is 0 Å². The minimum atomic E-state index is 0.719. The Kier molecular flexibility index (Phi) is 4.24. The number of alkyl halides is 1. The monoisotopic (exact) mass is 241 g/mol. The van der Waals surface area contributed by atoms with E-state index in [4.69, 9.17) is 11.6 Å². The molecule has 3 nitrogen and oxygen atoms in total. The standard InChI is InChI=1S/C12H20ClN3/c1-15-9-11(8-14-15)10-16(7-6-13)12-4-2-3-5-12/h8-9,12H,2-7,10H2,1H3. The molecule has 1 saturated carbocycles. The molecule has 90 valence electrons. The first-order chi connectivity index (χ1) is 7.79. The predicted octanol–water partition coefficient (Wildman–Crippen LogP) is 2.40. The molecule has 2 rings (SSSR count). The van der Waals surface area contributed by atoms with E-state index in [0.717, 1.165) is 25.0 Å². The zero-order valence-corrected chi connectivity index (χ0v) is 10.7. The highest BCUT2D eigenvalue weighted by Crippen LogP contribution is 2.24. The van der Waals surface area contributed by atoms with Gasteiger partial charge in [-0.15, -0.1) is 11.6 Å². The van der Waals surface area contributed by atoms with Gasteiger partial charge in [0.2, 0.25) is 0 Å². The van der Waals surface area contributed by atoms with Crippen LogP contribution in [0.2, 0.25) is 0 Å².